The average molecular weight is 308 g/mol. The summed E-state index contributed by atoms with van der Waals surface area (Å²) in [5, 5.41) is 0.170. The molecule has 0 spiro atoms. The van der Waals surface area contributed by atoms with E-state index in [0.29, 0.717) is 11.4 Å². The van der Waals surface area contributed by atoms with Crippen LogP contribution in [0.25, 0.3) is 11.4 Å². The molecule has 0 atom stereocenters. The van der Waals surface area contributed by atoms with Gasteiger partial charge in [-0.15, -0.1) is 0 Å². The zero-order valence-corrected chi connectivity index (χ0v) is 12.0. The van der Waals surface area contributed by atoms with Crippen molar-refractivity contribution in [2.75, 3.05) is 0 Å². The second-order valence-electron chi connectivity index (χ2n) is 4.36. The van der Waals surface area contributed by atoms with Crippen LogP contribution >= 0.6 is 11.6 Å². The molecule has 2 aliphatic rings. The summed E-state index contributed by atoms with van der Waals surface area (Å²) in [6.07, 6.45) is 2.64. The number of nitrogens with zero attached hydrogens (tertiary/aromatic N) is 2. The van der Waals surface area contributed by atoms with Gasteiger partial charge in [0.1, 0.15) is 10.6 Å². The van der Waals surface area contributed by atoms with Crippen molar-refractivity contribution in [1.29, 1.82) is 0 Å². The summed E-state index contributed by atoms with van der Waals surface area (Å²) in [6.45, 7) is 1.90. The summed E-state index contributed by atoms with van der Waals surface area (Å²) < 4.78 is 25.2. The fraction of sp³-hybridized carbons (Fsp3) is 0.0769. The fourth-order valence-electron chi connectivity index (χ4n) is 1.93. The highest BCUT2D eigenvalue weighted by Gasteiger charge is 2.27. The molecule has 102 valence electrons. The van der Waals surface area contributed by atoms with Gasteiger partial charge in [-0.25, -0.2) is 18.4 Å². The van der Waals surface area contributed by atoms with Gasteiger partial charge >= 0.3 is 0 Å². The zero-order chi connectivity index (χ0) is 14.3. The number of fused-ring (bicyclic) bond motifs is 1. The highest BCUT2D eigenvalue weighted by atomic mass is 35.5. The molecule has 7 heteroatoms. The first-order valence-electron chi connectivity index (χ1n) is 5.79. The molecular formula is C13H10ClN3O2S. The van der Waals surface area contributed by atoms with E-state index in [1.165, 1.54) is 12.5 Å². The lowest BCUT2D eigenvalue weighted by Gasteiger charge is -2.06. The quantitative estimate of drug-likeness (QED) is 0.739. The van der Waals surface area contributed by atoms with E-state index in [-0.39, 0.29) is 14.9 Å². The number of aromatic nitrogens is 3. The normalized spacial score (nSPS) is 11.9. The van der Waals surface area contributed by atoms with Crippen LogP contribution in [-0.4, -0.2) is 23.4 Å². The zero-order valence-electron chi connectivity index (χ0n) is 10.5. The van der Waals surface area contributed by atoms with Crippen LogP contribution in [-0.2, 0) is 9.84 Å². The predicted octanol–water partition coefficient (Wildman–Crippen LogP) is 2.70. The summed E-state index contributed by atoms with van der Waals surface area (Å²) in [4.78, 5) is 11.0. The molecule has 1 aromatic carbocycles. The molecular weight excluding hydrogens is 298 g/mol. The minimum atomic E-state index is -3.64. The SMILES string of the molecule is Cc1ccc(S(=O)(=O)c2cnc3c(Cl)nc[nH]c2-3)cc1. The molecule has 0 amide bonds. The second kappa shape index (κ2) is 4.57. The van der Waals surface area contributed by atoms with Crippen LogP contribution in [0.1, 0.15) is 5.56 Å². The van der Waals surface area contributed by atoms with Crippen LogP contribution in [0, 0.1) is 6.92 Å². The van der Waals surface area contributed by atoms with Gasteiger partial charge in [0.25, 0.3) is 0 Å². The Morgan fingerprint density at radius 1 is 1.15 bits per heavy atom. The lowest BCUT2D eigenvalue weighted by atomic mass is 10.2. The van der Waals surface area contributed by atoms with Gasteiger partial charge in [0.05, 0.1) is 16.9 Å². The highest BCUT2D eigenvalue weighted by molar-refractivity contribution is 7.91. The molecule has 20 heavy (non-hydrogen) atoms. The van der Waals surface area contributed by atoms with Gasteiger partial charge in [-0.1, -0.05) is 29.3 Å². The Balaban J connectivity index is 2.19. The molecule has 1 aromatic rings. The third kappa shape index (κ3) is 1.97. The molecule has 1 N–H and O–H groups in total. The lowest BCUT2D eigenvalue weighted by Crippen LogP contribution is -2.03. The van der Waals surface area contributed by atoms with E-state index in [4.69, 9.17) is 11.6 Å². The third-order valence-corrected chi connectivity index (χ3v) is 5.06. The molecule has 3 rings (SSSR count). The van der Waals surface area contributed by atoms with Gasteiger partial charge in [0.15, 0.2) is 5.15 Å². The lowest BCUT2D eigenvalue weighted by molar-refractivity contribution is 0.596. The Bertz CT molecular complexity index is 840. The molecule has 0 unspecified atom stereocenters. The minimum absolute atomic E-state index is 0.0978. The summed E-state index contributed by atoms with van der Waals surface area (Å²) in [7, 11) is -3.64. The monoisotopic (exact) mass is 307 g/mol. The molecule has 0 bridgehead atoms. The number of hydrogen-bond donors (Lipinski definition) is 1. The molecule has 0 saturated heterocycles. The van der Waals surface area contributed by atoms with Gasteiger partial charge in [-0.3, -0.25) is 0 Å². The van der Waals surface area contributed by atoms with Crippen molar-refractivity contribution in [2.24, 2.45) is 0 Å². The van der Waals surface area contributed by atoms with Crippen LogP contribution in [0.15, 0.2) is 46.6 Å². The number of halogens is 1. The van der Waals surface area contributed by atoms with Crippen molar-refractivity contribution in [3.8, 4) is 11.4 Å². The summed E-state index contributed by atoms with van der Waals surface area (Å²) in [5.74, 6) is 0. The molecule has 0 radical (unpaired) electrons. The van der Waals surface area contributed by atoms with Crippen LogP contribution in [0.3, 0.4) is 0 Å². The fourth-order valence-corrected chi connectivity index (χ4v) is 3.48. The number of nitrogens with one attached hydrogen (secondary N) is 1. The van der Waals surface area contributed by atoms with E-state index in [1.54, 1.807) is 24.3 Å². The Hall–Kier alpha value is -1.92. The minimum Gasteiger partial charge on any atom is -0.343 e. The Kier molecular flexibility index (Phi) is 2.99. The highest BCUT2D eigenvalue weighted by Crippen LogP contribution is 2.33. The largest absolute Gasteiger partial charge is 0.343 e. The number of sulfone groups is 1. The van der Waals surface area contributed by atoms with Gasteiger partial charge in [0, 0.05) is 6.20 Å². The van der Waals surface area contributed by atoms with E-state index in [1.807, 2.05) is 6.92 Å². The van der Waals surface area contributed by atoms with E-state index in [0.717, 1.165) is 5.56 Å². The maximum atomic E-state index is 12.6. The number of hydrogen-bond acceptors (Lipinski definition) is 4. The first-order chi connectivity index (χ1) is 9.50. The van der Waals surface area contributed by atoms with E-state index < -0.39 is 9.84 Å². The predicted molar refractivity (Wildman–Crippen MR) is 74.6 cm³/mol. The van der Waals surface area contributed by atoms with Crippen LogP contribution in [0.2, 0.25) is 5.15 Å². The smallest absolute Gasteiger partial charge is 0.210 e. The van der Waals surface area contributed by atoms with E-state index >= 15 is 0 Å². The van der Waals surface area contributed by atoms with Crippen molar-refractivity contribution in [3.63, 3.8) is 0 Å². The number of rotatable bonds is 2. The first kappa shape index (κ1) is 13.1. The van der Waals surface area contributed by atoms with Crippen LogP contribution < -0.4 is 0 Å². The second-order valence-corrected chi connectivity index (χ2v) is 6.63. The van der Waals surface area contributed by atoms with Crippen molar-refractivity contribution in [1.82, 2.24) is 15.0 Å². The molecule has 2 heterocycles. The van der Waals surface area contributed by atoms with Crippen LogP contribution in [0.4, 0.5) is 0 Å². The first-order valence-corrected chi connectivity index (χ1v) is 7.65. The molecule has 0 aromatic heterocycles. The van der Waals surface area contributed by atoms with Crippen LogP contribution in [0.5, 0.6) is 0 Å². The number of aromatic amines is 1. The topological polar surface area (TPSA) is 75.7 Å². The van der Waals surface area contributed by atoms with Crippen molar-refractivity contribution in [3.05, 3.63) is 47.5 Å². The summed E-state index contributed by atoms with van der Waals surface area (Å²) >= 11 is 5.90. The molecule has 0 aliphatic carbocycles. The van der Waals surface area contributed by atoms with Crippen molar-refractivity contribution < 1.29 is 8.42 Å². The summed E-state index contributed by atoms with van der Waals surface area (Å²) in [5.41, 5.74) is 1.71. The third-order valence-electron chi connectivity index (χ3n) is 3.00. The van der Waals surface area contributed by atoms with Crippen molar-refractivity contribution in [2.45, 2.75) is 16.7 Å². The maximum absolute atomic E-state index is 12.6. The molecule has 2 aliphatic heterocycles. The Labute approximate surface area is 120 Å². The van der Waals surface area contributed by atoms with Gasteiger partial charge in [0.2, 0.25) is 9.84 Å². The average Bonchev–Trinajstić information content (AvgIpc) is 2.85. The van der Waals surface area contributed by atoms with E-state index in [2.05, 4.69) is 15.0 Å². The Morgan fingerprint density at radius 2 is 1.85 bits per heavy atom. The van der Waals surface area contributed by atoms with Crippen molar-refractivity contribution >= 4 is 21.4 Å². The van der Waals surface area contributed by atoms with Gasteiger partial charge < -0.3 is 4.98 Å². The van der Waals surface area contributed by atoms with Gasteiger partial charge in [-0.05, 0) is 19.1 Å². The number of H-pyrrole nitrogens is 1. The maximum Gasteiger partial charge on any atom is 0.210 e. The van der Waals surface area contributed by atoms with E-state index in [9.17, 15) is 8.42 Å². The molecule has 0 fully saturated rings. The molecule has 5 nitrogen and oxygen atoms in total. The Morgan fingerprint density at radius 3 is 2.55 bits per heavy atom. The number of aryl methyl sites for hydroxylation is 1. The molecule has 0 saturated carbocycles. The van der Waals surface area contributed by atoms with Gasteiger partial charge in [-0.2, -0.15) is 0 Å². The standard InChI is InChI=1S/C13H10ClN3O2S/c1-8-2-4-9(5-3-8)20(18,19)10-6-15-12-11(10)16-7-17-13(12)14/h2-7H,1H3,(H,16,17). The number of benzene rings is 1. The summed E-state index contributed by atoms with van der Waals surface area (Å²) in [6, 6.07) is 6.66.